The molecule has 2 unspecified atom stereocenters. The van der Waals surface area contributed by atoms with Gasteiger partial charge in [-0.15, -0.1) is 0 Å². The van der Waals surface area contributed by atoms with Gasteiger partial charge in [-0.1, -0.05) is 15.9 Å². The fourth-order valence-corrected chi connectivity index (χ4v) is 2.78. The molecule has 1 fully saturated rings. The van der Waals surface area contributed by atoms with Crippen molar-refractivity contribution in [2.75, 3.05) is 20.7 Å². The van der Waals surface area contributed by atoms with Crippen LogP contribution in [-0.4, -0.2) is 48.8 Å². The molecular formula is C14H19BrN2O3. The molecule has 0 bridgehead atoms. The summed E-state index contributed by atoms with van der Waals surface area (Å²) < 4.78 is 6.26. The second-order valence-corrected chi connectivity index (χ2v) is 5.92. The maximum atomic E-state index is 12.3. The second kappa shape index (κ2) is 6.56. The summed E-state index contributed by atoms with van der Waals surface area (Å²) in [5.41, 5.74) is 0.941. The summed E-state index contributed by atoms with van der Waals surface area (Å²) in [6.07, 6.45) is 0.0384. The summed E-state index contributed by atoms with van der Waals surface area (Å²) in [5.74, 6) is 0.746. The molecule has 2 atom stereocenters. The first-order valence-corrected chi connectivity index (χ1v) is 7.29. The third-order valence-corrected chi connectivity index (χ3v) is 3.93. The lowest BCUT2D eigenvalue weighted by molar-refractivity contribution is -0.132. The molecule has 1 aromatic rings. The highest BCUT2D eigenvalue weighted by molar-refractivity contribution is 9.10. The van der Waals surface area contributed by atoms with Crippen LogP contribution < -0.4 is 10.1 Å². The molecule has 0 spiro atoms. The summed E-state index contributed by atoms with van der Waals surface area (Å²) in [6.45, 7) is 0.945. The Morgan fingerprint density at radius 2 is 2.35 bits per heavy atom. The van der Waals surface area contributed by atoms with Crippen LogP contribution in [0.1, 0.15) is 12.0 Å². The monoisotopic (exact) mass is 342 g/mol. The van der Waals surface area contributed by atoms with Crippen molar-refractivity contribution in [3.8, 4) is 5.75 Å². The first-order valence-electron chi connectivity index (χ1n) is 6.50. The summed E-state index contributed by atoms with van der Waals surface area (Å²) in [5, 5.41) is 12.5. The van der Waals surface area contributed by atoms with Gasteiger partial charge in [-0.25, -0.2) is 0 Å². The minimum Gasteiger partial charge on any atom is -0.496 e. The zero-order valence-electron chi connectivity index (χ0n) is 11.6. The van der Waals surface area contributed by atoms with E-state index < -0.39 is 6.10 Å². The minimum atomic E-state index is -0.433. The lowest BCUT2D eigenvalue weighted by atomic mass is 10.1. The topological polar surface area (TPSA) is 61.8 Å². The summed E-state index contributed by atoms with van der Waals surface area (Å²) >= 11 is 3.42. The van der Waals surface area contributed by atoms with Crippen LogP contribution in [0, 0.1) is 0 Å². The van der Waals surface area contributed by atoms with Crippen molar-refractivity contribution in [2.45, 2.75) is 25.1 Å². The first kappa shape index (κ1) is 15.3. The van der Waals surface area contributed by atoms with Crippen LogP contribution in [0.15, 0.2) is 22.7 Å². The van der Waals surface area contributed by atoms with Gasteiger partial charge in [0.25, 0.3) is 0 Å². The van der Waals surface area contributed by atoms with Gasteiger partial charge >= 0.3 is 0 Å². The number of nitrogens with zero attached hydrogens (tertiary/aromatic N) is 1. The average Bonchev–Trinajstić information content (AvgIpc) is 2.84. The maximum Gasteiger partial charge on any atom is 0.239 e. The molecule has 1 heterocycles. The first-order chi connectivity index (χ1) is 9.51. The highest BCUT2D eigenvalue weighted by Crippen LogP contribution is 2.24. The lowest BCUT2D eigenvalue weighted by Gasteiger charge is -2.22. The third kappa shape index (κ3) is 3.50. The molecule has 1 aliphatic rings. The van der Waals surface area contributed by atoms with Gasteiger partial charge in [-0.2, -0.15) is 0 Å². The number of aliphatic hydroxyl groups excluding tert-OH is 1. The van der Waals surface area contributed by atoms with Gasteiger partial charge in [-0.05, 0) is 24.6 Å². The predicted octanol–water partition coefficient (Wildman–Crippen LogP) is 1.14. The number of β-amino-alcohol motifs (C(OH)–C–C–N with tert-alkyl or cyclic N) is 1. The molecule has 6 heteroatoms. The van der Waals surface area contributed by atoms with Crippen LogP contribution in [-0.2, 0) is 11.3 Å². The van der Waals surface area contributed by atoms with Crippen molar-refractivity contribution in [3.05, 3.63) is 28.2 Å². The Morgan fingerprint density at radius 1 is 1.60 bits per heavy atom. The lowest BCUT2D eigenvalue weighted by Crippen LogP contribution is -2.41. The van der Waals surface area contributed by atoms with Crippen molar-refractivity contribution in [3.63, 3.8) is 0 Å². The van der Waals surface area contributed by atoms with Crippen LogP contribution in [0.3, 0.4) is 0 Å². The molecule has 20 heavy (non-hydrogen) atoms. The molecule has 1 saturated heterocycles. The third-order valence-electron chi connectivity index (χ3n) is 3.43. The zero-order chi connectivity index (χ0) is 14.7. The molecule has 2 rings (SSSR count). The van der Waals surface area contributed by atoms with E-state index in [0.29, 0.717) is 19.5 Å². The van der Waals surface area contributed by atoms with Crippen molar-refractivity contribution in [2.24, 2.45) is 0 Å². The molecule has 0 aromatic heterocycles. The number of carbonyl (C=O) groups excluding carboxylic acids is 1. The Kier molecular flexibility index (Phi) is 5.01. The van der Waals surface area contributed by atoms with Crippen LogP contribution in [0.5, 0.6) is 5.75 Å². The van der Waals surface area contributed by atoms with Gasteiger partial charge in [0.15, 0.2) is 0 Å². The standard InChI is InChI=1S/C14H19BrN2O3/c1-17(14(19)12-6-11(18)7-16-12)8-9-5-10(15)3-4-13(9)20-2/h3-5,11-12,16,18H,6-8H2,1-2H3. The Labute approximate surface area is 127 Å². The largest absolute Gasteiger partial charge is 0.496 e. The number of halogens is 1. The van der Waals surface area contributed by atoms with Crippen molar-refractivity contribution in [1.82, 2.24) is 10.2 Å². The predicted molar refractivity (Wildman–Crippen MR) is 79.6 cm³/mol. The minimum absolute atomic E-state index is 0.0106. The van der Waals surface area contributed by atoms with E-state index in [-0.39, 0.29) is 11.9 Å². The quantitative estimate of drug-likeness (QED) is 0.861. The van der Waals surface area contributed by atoms with Crippen LogP contribution >= 0.6 is 15.9 Å². The molecule has 2 N–H and O–H groups in total. The molecule has 1 amide bonds. The Balaban J connectivity index is 2.05. The van der Waals surface area contributed by atoms with E-state index in [0.717, 1.165) is 15.8 Å². The van der Waals surface area contributed by atoms with E-state index in [4.69, 9.17) is 4.74 Å². The fourth-order valence-electron chi connectivity index (χ4n) is 2.38. The highest BCUT2D eigenvalue weighted by atomic mass is 79.9. The van der Waals surface area contributed by atoms with E-state index in [2.05, 4.69) is 21.2 Å². The molecule has 110 valence electrons. The molecule has 0 aliphatic carbocycles. The number of rotatable bonds is 4. The number of ether oxygens (including phenoxy) is 1. The van der Waals surface area contributed by atoms with Gasteiger partial charge in [0.05, 0.1) is 19.3 Å². The normalized spacial score (nSPS) is 21.8. The highest BCUT2D eigenvalue weighted by Gasteiger charge is 2.30. The molecule has 1 aromatic carbocycles. The van der Waals surface area contributed by atoms with Gasteiger partial charge < -0.3 is 20.1 Å². The Hall–Kier alpha value is -1.11. The molecule has 5 nitrogen and oxygen atoms in total. The second-order valence-electron chi connectivity index (χ2n) is 5.00. The van der Waals surface area contributed by atoms with Crippen molar-refractivity contribution < 1.29 is 14.6 Å². The van der Waals surface area contributed by atoms with Gasteiger partial charge in [0.1, 0.15) is 5.75 Å². The number of benzene rings is 1. The van der Waals surface area contributed by atoms with Crippen molar-refractivity contribution in [1.29, 1.82) is 0 Å². The van der Waals surface area contributed by atoms with Gasteiger partial charge in [0, 0.05) is 30.2 Å². The summed E-state index contributed by atoms with van der Waals surface area (Å²) in [7, 11) is 3.37. The average molecular weight is 343 g/mol. The van der Waals surface area contributed by atoms with Crippen molar-refractivity contribution >= 4 is 21.8 Å². The Morgan fingerprint density at radius 3 is 2.95 bits per heavy atom. The van der Waals surface area contributed by atoms with Gasteiger partial charge in [-0.3, -0.25) is 4.79 Å². The fraction of sp³-hybridized carbons (Fsp3) is 0.500. The number of carbonyl (C=O) groups is 1. The van der Waals surface area contributed by atoms with Gasteiger partial charge in [0.2, 0.25) is 5.91 Å². The smallest absolute Gasteiger partial charge is 0.239 e. The van der Waals surface area contributed by atoms with Crippen LogP contribution in [0.4, 0.5) is 0 Å². The zero-order valence-corrected chi connectivity index (χ0v) is 13.2. The maximum absolute atomic E-state index is 12.3. The molecular weight excluding hydrogens is 324 g/mol. The van der Waals surface area contributed by atoms with E-state index in [1.165, 1.54) is 0 Å². The van der Waals surface area contributed by atoms with E-state index in [1.54, 1.807) is 19.1 Å². The summed E-state index contributed by atoms with van der Waals surface area (Å²) in [4.78, 5) is 13.9. The SMILES string of the molecule is COc1ccc(Br)cc1CN(C)C(=O)C1CC(O)CN1. The number of likely N-dealkylation sites (N-methyl/N-ethyl adjacent to an activating group) is 1. The number of hydrogen-bond donors (Lipinski definition) is 2. The van der Waals surface area contributed by atoms with E-state index >= 15 is 0 Å². The molecule has 0 radical (unpaired) electrons. The summed E-state index contributed by atoms with van der Waals surface area (Å²) in [6, 6.07) is 5.42. The van der Waals surface area contributed by atoms with Crippen LogP contribution in [0.2, 0.25) is 0 Å². The van der Waals surface area contributed by atoms with Crippen LogP contribution in [0.25, 0.3) is 0 Å². The number of methoxy groups -OCH3 is 1. The number of aliphatic hydroxyl groups is 1. The number of amides is 1. The van der Waals surface area contributed by atoms with E-state index in [1.807, 2.05) is 18.2 Å². The van der Waals surface area contributed by atoms with E-state index in [9.17, 15) is 9.90 Å². The number of nitrogens with one attached hydrogen (secondary N) is 1. The number of hydrogen-bond acceptors (Lipinski definition) is 4. The molecule has 0 saturated carbocycles. The Bertz CT molecular complexity index is 495. The molecule has 1 aliphatic heterocycles.